The van der Waals surface area contributed by atoms with Crippen LogP contribution in [0.1, 0.15) is 17.2 Å². The van der Waals surface area contributed by atoms with Crippen molar-refractivity contribution in [3.05, 3.63) is 59.7 Å². The average Bonchev–Trinajstić information content (AvgIpc) is 3.21. The summed E-state index contributed by atoms with van der Waals surface area (Å²) in [6.45, 7) is 0. The Morgan fingerprint density at radius 2 is 1.70 bits per heavy atom. The summed E-state index contributed by atoms with van der Waals surface area (Å²) in [6, 6.07) is 13.4. The maximum atomic E-state index is 5.44. The molecule has 1 aliphatic heterocycles. The molecule has 8 nitrogen and oxygen atoms in total. The van der Waals surface area contributed by atoms with Gasteiger partial charge in [0.05, 0.1) is 21.3 Å². The van der Waals surface area contributed by atoms with E-state index >= 15 is 0 Å². The quantitative estimate of drug-likeness (QED) is 0.744. The van der Waals surface area contributed by atoms with Crippen molar-refractivity contribution < 1.29 is 14.2 Å². The van der Waals surface area contributed by atoms with Crippen LogP contribution in [0.5, 0.6) is 17.2 Å². The number of methoxy groups -OCH3 is 3. The van der Waals surface area contributed by atoms with Gasteiger partial charge in [0.15, 0.2) is 11.5 Å². The molecular formula is C19H19N5O3. The van der Waals surface area contributed by atoms with Crippen molar-refractivity contribution in [1.29, 1.82) is 0 Å². The number of allylic oxidation sites excluding steroid dienone is 1. The largest absolute Gasteiger partial charge is 0.497 e. The van der Waals surface area contributed by atoms with Crippen molar-refractivity contribution in [2.24, 2.45) is 0 Å². The molecule has 2 aromatic carbocycles. The lowest BCUT2D eigenvalue weighted by atomic mass is 10.0. The molecule has 1 aromatic heterocycles. The Morgan fingerprint density at radius 1 is 0.926 bits per heavy atom. The lowest BCUT2D eigenvalue weighted by molar-refractivity contribution is 0.354. The minimum Gasteiger partial charge on any atom is -0.497 e. The molecule has 0 saturated carbocycles. The molecule has 2 heterocycles. The van der Waals surface area contributed by atoms with Crippen LogP contribution in [0.3, 0.4) is 0 Å². The van der Waals surface area contributed by atoms with E-state index in [1.165, 1.54) is 0 Å². The van der Waals surface area contributed by atoms with Crippen LogP contribution in [0.2, 0.25) is 0 Å². The van der Waals surface area contributed by atoms with Crippen LogP contribution in [0.15, 0.2) is 48.5 Å². The maximum absolute atomic E-state index is 5.44. The number of fused-ring (bicyclic) bond motifs is 1. The van der Waals surface area contributed by atoms with Gasteiger partial charge in [-0.15, -0.1) is 0 Å². The summed E-state index contributed by atoms with van der Waals surface area (Å²) >= 11 is 0. The van der Waals surface area contributed by atoms with Crippen molar-refractivity contribution >= 4 is 11.6 Å². The van der Waals surface area contributed by atoms with Crippen molar-refractivity contribution in [1.82, 2.24) is 20.2 Å². The molecule has 0 saturated heterocycles. The summed E-state index contributed by atoms with van der Waals surface area (Å²) in [5, 5.41) is 15.3. The van der Waals surface area contributed by atoms with Crippen LogP contribution in [-0.4, -0.2) is 41.5 Å². The fourth-order valence-electron chi connectivity index (χ4n) is 3.07. The Labute approximate surface area is 156 Å². The van der Waals surface area contributed by atoms with E-state index in [1.54, 1.807) is 26.0 Å². The Hall–Kier alpha value is -3.55. The molecule has 3 aromatic rings. The predicted octanol–water partition coefficient (Wildman–Crippen LogP) is 2.75. The predicted molar refractivity (Wildman–Crippen MR) is 100 cm³/mol. The van der Waals surface area contributed by atoms with E-state index in [4.69, 9.17) is 14.2 Å². The highest BCUT2D eigenvalue weighted by molar-refractivity contribution is 5.77. The Morgan fingerprint density at radius 3 is 2.41 bits per heavy atom. The van der Waals surface area contributed by atoms with Gasteiger partial charge in [0, 0.05) is 5.70 Å². The molecule has 1 atom stereocenters. The zero-order valence-electron chi connectivity index (χ0n) is 15.2. The standard InChI is InChI=1S/C19H19N5O3/c1-25-14-7-4-12(5-8-14)15-11-16(24-19(20-15)21-22-23-24)13-6-9-17(26-2)18(10-13)27-3/h4-11,16H,1-3H3,(H,20,21,23)/t16-/m0/s1. The van der Waals surface area contributed by atoms with Gasteiger partial charge in [-0.1, -0.05) is 11.2 Å². The van der Waals surface area contributed by atoms with Gasteiger partial charge in [0.2, 0.25) is 5.95 Å². The summed E-state index contributed by atoms with van der Waals surface area (Å²) in [5.41, 5.74) is 2.91. The van der Waals surface area contributed by atoms with Crippen LogP contribution >= 0.6 is 0 Å². The van der Waals surface area contributed by atoms with E-state index in [9.17, 15) is 0 Å². The Kier molecular flexibility index (Phi) is 4.37. The van der Waals surface area contributed by atoms with Crippen molar-refractivity contribution in [2.75, 3.05) is 26.6 Å². The lowest BCUT2D eigenvalue weighted by Crippen LogP contribution is -2.20. The first kappa shape index (κ1) is 16.9. The molecule has 8 heteroatoms. The summed E-state index contributed by atoms with van der Waals surface area (Å²) < 4.78 is 17.7. The highest BCUT2D eigenvalue weighted by atomic mass is 16.5. The molecule has 27 heavy (non-hydrogen) atoms. The number of hydrogen-bond donors (Lipinski definition) is 1. The first-order chi connectivity index (χ1) is 13.2. The number of nitrogens with one attached hydrogen (secondary N) is 1. The molecule has 1 N–H and O–H groups in total. The second-order valence-corrected chi connectivity index (χ2v) is 5.94. The summed E-state index contributed by atoms with van der Waals surface area (Å²) in [5.74, 6) is 2.70. The molecular weight excluding hydrogens is 346 g/mol. The van der Waals surface area contributed by atoms with Crippen LogP contribution < -0.4 is 19.5 Å². The molecule has 0 amide bonds. The van der Waals surface area contributed by atoms with E-state index in [1.807, 2.05) is 42.5 Å². The Balaban J connectivity index is 1.77. The van der Waals surface area contributed by atoms with E-state index < -0.39 is 0 Å². The Bertz CT molecular complexity index is 981. The van der Waals surface area contributed by atoms with Gasteiger partial charge in [-0.2, -0.15) is 4.68 Å². The molecule has 0 spiro atoms. The van der Waals surface area contributed by atoms with E-state index in [0.717, 1.165) is 22.6 Å². The van der Waals surface area contributed by atoms with Crippen molar-refractivity contribution in [3.8, 4) is 17.2 Å². The third-order valence-electron chi connectivity index (χ3n) is 4.48. The number of tetrazole rings is 1. The first-order valence-corrected chi connectivity index (χ1v) is 8.36. The van der Waals surface area contributed by atoms with Crippen molar-refractivity contribution in [3.63, 3.8) is 0 Å². The maximum Gasteiger partial charge on any atom is 0.248 e. The van der Waals surface area contributed by atoms with Crippen LogP contribution in [-0.2, 0) is 0 Å². The molecule has 1 aliphatic rings. The van der Waals surface area contributed by atoms with Gasteiger partial charge in [0.1, 0.15) is 11.8 Å². The van der Waals surface area contributed by atoms with Gasteiger partial charge in [0.25, 0.3) is 0 Å². The second kappa shape index (κ2) is 6.99. The molecule has 0 fully saturated rings. The van der Waals surface area contributed by atoms with Gasteiger partial charge < -0.3 is 19.5 Å². The van der Waals surface area contributed by atoms with Gasteiger partial charge in [-0.25, -0.2) is 0 Å². The zero-order valence-corrected chi connectivity index (χ0v) is 15.2. The van der Waals surface area contributed by atoms with Crippen LogP contribution in [0.25, 0.3) is 5.70 Å². The normalized spacial score (nSPS) is 15.4. The molecule has 0 radical (unpaired) electrons. The number of rotatable bonds is 5. The number of benzene rings is 2. The smallest absolute Gasteiger partial charge is 0.248 e. The number of anilines is 1. The minimum absolute atomic E-state index is 0.187. The second-order valence-electron chi connectivity index (χ2n) is 5.94. The topological polar surface area (TPSA) is 83.3 Å². The summed E-state index contributed by atoms with van der Waals surface area (Å²) in [6.07, 6.45) is 2.08. The molecule has 0 unspecified atom stereocenters. The summed E-state index contributed by atoms with van der Waals surface area (Å²) in [7, 11) is 4.88. The average molecular weight is 365 g/mol. The van der Waals surface area contributed by atoms with E-state index in [0.29, 0.717) is 17.4 Å². The zero-order chi connectivity index (χ0) is 18.8. The van der Waals surface area contributed by atoms with Gasteiger partial charge >= 0.3 is 0 Å². The van der Waals surface area contributed by atoms with Gasteiger partial charge in [-0.05, 0) is 64.0 Å². The molecule has 138 valence electrons. The van der Waals surface area contributed by atoms with E-state index in [2.05, 4.69) is 26.9 Å². The fraction of sp³-hybridized carbons (Fsp3) is 0.211. The lowest BCUT2D eigenvalue weighted by Gasteiger charge is -2.24. The molecule has 4 rings (SSSR count). The van der Waals surface area contributed by atoms with Crippen LogP contribution in [0, 0.1) is 0 Å². The molecule has 0 bridgehead atoms. The fourth-order valence-corrected chi connectivity index (χ4v) is 3.07. The number of ether oxygens (including phenoxy) is 3. The third kappa shape index (κ3) is 3.05. The van der Waals surface area contributed by atoms with Crippen molar-refractivity contribution in [2.45, 2.75) is 6.04 Å². The highest BCUT2D eigenvalue weighted by Crippen LogP contribution is 2.36. The van der Waals surface area contributed by atoms with Crippen LogP contribution in [0.4, 0.5) is 5.95 Å². The SMILES string of the molecule is COc1ccc(C2=C[C@@H](c3ccc(OC)c(OC)c3)n3nnnc3N2)cc1. The highest BCUT2D eigenvalue weighted by Gasteiger charge is 2.25. The van der Waals surface area contributed by atoms with Gasteiger partial charge in [-0.3, -0.25) is 0 Å². The monoisotopic (exact) mass is 365 g/mol. The number of nitrogens with zero attached hydrogens (tertiary/aromatic N) is 4. The third-order valence-corrected chi connectivity index (χ3v) is 4.48. The molecule has 0 aliphatic carbocycles. The first-order valence-electron chi connectivity index (χ1n) is 8.36. The summed E-state index contributed by atoms with van der Waals surface area (Å²) in [4.78, 5) is 0. The minimum atomic E-state index is -0.187. The number of hydrogen-bond acceptors (Lipinski definition) is 7. The number of aromatic nitrogens is 4. The van der Waals surface area contributed by atoms with E-state index in [-0.39, 0.29) is 6.04 Å².